The normalized spacial score (nSPS) is 10.7. The molecule has 0 aliphatic carbocycles. The highest BCUT2D eigenvalue weighted by atomic mass is 16.5. The van der Waals surface area contributed by atoms with Crippen LogP contribution in [-0.4, -0.2) is 4.98 Å². The van der Waals surface area contributed by atoms with Gasteiger partial charge in [-0.1, -0.05) is 121 Å². The van der Waals surface area contributed by atoms with Crippen LogP contribution in [0.1, 0.15) is 11.1 Å². The molecule has 2 N–H and O–H groups in total. The summed E-state index contributed by atoms with van der Waals surface area (Å²) < 4.78 is 6.44. The van der Waals surface area contributed by atoms with Crippen LogP contribution in [0.15, 0.2) is 164 Å². The van der Waals surface area contributed by atoms with Gasteiger partial charge in [-0.25, -0.2) is 0 Å². The van der Waals surface area contributed by atoms with Crippen LogP contribution in [0.5, 0.6) is 5.75 Å². The van der Waals surface area contributed by atoms with Crippen molar-refractivity contribution in [2.75, 3.05) is 5.73 Å². The number of anilines is 1. The zero-order chi connectivity index (χ0) is 32.0. The van der Waals surface area contributed by atoms with E-state index in [-0.39, 0.29) is 0 Å². The number of ether oxygens (including phenoxy) is 1. The SMILES string of the molecule is N#Cc1cccc(-c2ccc(-c3cc(-c4ccc(-c5cccnc5)cc4)cc(OCc4ccc(-c5ccccc5)cc4)c3N)cc2)c1. The molecule has 47 heavy (non-hydrogen) atoms. The Kier molecular flexibility index (Phi) is 8.27. The van der Waals surface area contributed by atoms with E-state index in [0.717, 1.165) is 55.6 Å². The maximum atomic E-state index is 9.35. The third kappa shape index (κ3) is 6.51. The second kappa shape index (κ2) is 13.3. The highest BCUT2D eigenvalue weighted by molar-refractivity contribution is 5.87. The first-order chi connectivity index (χ1) is 23.1. The van der Waals surface area contributed by atoms with Crippen molar-refractivity contribution in [1.29, 1.82) is 5.26 Å². The van der Waals surface area contributed by atoms with Crippen LogP contribution in [0.2, 0.25) is 0 Å². The first-order valence-corrected chi connectivity index (χ1v) is 15.5. The second-order valence-electron chi connectivity index (χ2n) is 11.4. The highest BCUT2D eigenvalue weighted by Gasteiger charge is 2.14. The fourth-order valence-corrected chi connectivity index (χ4v) is 5.74. The van der Waals surface area contributed by atoms with Gasteiger partial charge in [0.25, 0.3) is 0 Å². The van der Waals surface area contributed by atoms with E-state index < -0.39 is 0 Å². The third-order valence-corrected chi connectivity index (χ3v) is 8.33. The Morgan fingerprint density at radius 2 is 1.11 bits per heavy atom. The summed E-state index contributed by atoms with van der Waals surface area (Å²) in [6, 6.07) is 53.5. The quantitative estimate of drug-likeness (QED) is 0.175. The number of nitrogens with two attached hydrogens (primary N) is 1. The van der Waals surface area contributed by atoms with Crippen molar-refractivity contribution in [1.82, 2.24) is 4.98 Å². The molecule has 0 radical (unpaired) electrons. The third-order valence-electron chi connectivity index (χ3n) is 8.33. The summed E-state index contributed by atoms with van der Waals surface area (Å²) >= 11 is 0. The van der Waals surface area contributed by atoms with Crippen molar-refractivity contribution >= 4 is 5.69 Å². The summed E-state index contributed by atoms with van der Waals surface area (Å²) in [5.74, 6) is 0.631. The summed E-state index contributed by atoms with van der Waals surface area (Å²) in [5.41, 5.74) is 19.6. The molecule has 1 heterocycles. The molecular formula is C43H31N3O. The van der Waals surface area contributed by atoms with Gasteiger partial charge >= 0.3 is 0 Å². The molecule has 0 atom stereocenters. The lowest BCUT2D eigenvalue weighted by molar-refractivity contribution is 0.308. The molecule has 0 bridgehead atoms. The van der Waals surface area contributed by atoms with E-state index in [4.69, 9.17) is 10.5 Å². The monoisotopic (exact) mass is 605 g/mol. The first kappa shape index (κ1) is 29.3. The molecule has 0 aliphatic heterocycles. The fourth-order valence-electron chi connectivity index (χ4n) is 5.74. The molecule has 7 aromatic rings. The zero-order valence-corrected chi connectivity index (χ0v) is 25.7. The Labute approximate surface area is 275 Å². The predicted molar refractivity (Wildman–Crippen MR) is 191 cm³/mol. The lowest BCUT2D eigenvalue weighted by Gasteiger charge is -2.17. The molecule has 0 saturated carbocycles. The minimum Gasteiger partial charge on any atom is -0.487 e. The van der Waals surface area contributed by atoms with E-state index in [2.05, 4.69) is 108 Å². The molecule has 7 rings (SSSR count). The number of pyridine rings is 1. The Hall–Kier alpha value is -6.44. The number of hydrogen-bond donors (Lipinski definition) is 1. The number of hydrogen-bond acceptors (Lipinski definition) is 4. The van der Waals surface area contributed by atoms with Gasteiger partial charge in [-0.3, -0.25) is 4.98 Å². The van der Waals surface area contributed by atoms with Crippen LogP contribution in [0.25, 0.3) is 55.6 Å². The number of benzene rings is 6. The lowest BCUT2D eigenvalue weighted by atomic mass is 9.94. The zero-order valence-electron chi connectivity index (χ0n) is 25.7. The molecule has 0 unspecified atom stereocenters. The second-order valence-corrected chi connectivity index (χ2v) is 11.4. The standard InChI is InChI=1S/C43H31N3O/c44-27-31-6-4-9-38(24-31)34-19-21-37(22-20-34)41-25-40(36-17-15-35(16-18-36)39-10-5-23-46-28-39)26-42(43(41)45)47-29-30-11-13-33(14-12-30)32-7-2-1-3-8-32/h1-26,28H,29,45H2. The molecule has 0 amide bonds. The van der Waals surface area contributed by atoms with E-state index >= 15 is 0 Å². The largest absolute Gasteiger partial charge is 0.487 e. The van der Waals surface area contributed by atoms with Gasteiger partial charge in [0.05, 0.1) is 17.3 Å². The maximum Gasteiger partial charge on any atom is 0.143 e. The van der Waals surface area contributed by atoms with Gasteiger partial charge < -0.3 is 10.5 Å². The van der Waals surface area contributed by atoms with Gasteiger partial charge in [-0.2, -0.15) is 5.26 Å². The Morgan fingerprint density at radius 3 is 1.79 bits per heavy atom. The first-order valence-electron chi connectivity index (χ1n) is 15.5. The lowest BCUT2D eigenvalue weighted by Crippen LogP contribution is -2.01. The fraction of sp³-hybridized carbons (Fsp3) is 0.0233. The van der Waals surface area contributed by atoms with E-state index in [9.17, 15) is 5.26 Å². The topological polar surface area (TPSA) is 71.9 Å². The van der Waals surface area contributed by atoms with Gasteiger partial charge in [0.15, 0.2) is 0 Å². The van der Waals surface area contributed by atoms with E-state index in [1.807, 2.05) is 60.8 Å². The Balaban J connectivity index is 1.22. The number of aromatic nitrogens is 1. The average molecular weight is 606 g/mol. The van der Waals surface area contributed by atoms with E-state index in [1.165, 1.54) is 5.56 Å². The number of nitriles is 1. The van der Waals surface area contributed by atoms with Gasteiger partial charge in [0.1, 0.15) is 12.4 Å². The van der Waals surface area contributed by atoms with Crippen LogP contribution in [0, 0.1) is 11.3 Å². The molecule has 0 spiro atoms. The van der Waals surface area contributed by atoms with Crippen LogP contribution in [0.4, 0.5) is 5.69 Å². The number of nitrogens with zero attached hydrogens (tertiary/aromatic N) is 2. The van der Waals surface area contributed by atoms with Crippen molar-refractivity contribution in [3.63, 3.8) is 0 Å². The van der Waals surface area contributed by atoms with Gasteiger partial charge in [0, 0.05) is 18.0 Å². The average Bonchev–Trinajstić information content (AvgIpc) is 3.15. The van der Waals surface area contributed by atoms with Crippen molar-refractivity contribution in [2.24, 2.45) is 0 Å². The van der Waals surface area contributed by atoms with Gasteiger partial charge in [-0.15, -0.1) is 0 Å². The van der Waals surface area contributed by atoms with E-state index in [0.29, 0.717) is 23.6 Å². The van der Waals surface area contributed by atoms with Crippen molar-refractivity contribution in [3.05, 3.63) is 175 Å². The smallest absolute Gasteiger partial charge is 0.143 e. The molecule has 224 valence electrons. The van der Waals surface area contributed by atoms with Crippen molar-refractivity contribution in [2.45, 2.75) is 6.61 Å². The van der Waals surface area contributed by atoms with Crippen molar-refractivity contribution in [3.8, 4) is 67.5 Å². The summed E-state index contributed by atoms with van der Waals surface area (Å²) in [4.78, 5) is 4.26. The van der Waals surface area contributed by atoms with Crippen LogP contribution in [-0.2, 0) is 6.61 Å². The van der Waals surface area contributed by atoms with Crippen LogP contribution in [0.3, 0.4) is 0 Å². The Bertz CT molecular complexity index is 2170. The summed E-state index contributed by atoms with van der Waals surface area (Å²) in [5, 5.41) is 9.35. The molecule has 0 saturated heterocycles. The Morgan fingerprint density at radius 1 is 0.532 bits per heavy atom. The summed E-state index contributed by atoms with van der Waals surface area (Å²) in [6.45, 7) is 0.385. The molecule has 1 aromatic heterocycles. The minimum atomic E-state index is 0.385. The number of nitrogen functional groups attached to an aromatic ring is 1. The highest BCUT2D eigenvalue weighted by Crippen LogP contribution is 2.40. The maximum absolute atomic E-state index is 9.35. The molecule has 0 fully saturated rings. The molecular weight excluding hydrogens is 574 g/mol. The molecule has 4 nitrogen and oxygen atoms in total. The van der Waals surface area contributed by atoms with Crippen LogP contribution >= 0.6 is 0 Å². The number of rotatable bonds is 8. The molecule has 6 aromatic carbocycles. The van der Waals surface area contributed by atoms with Gasteiger partial charge in [0.2, 0.25) is 0 Å². The van der Waals surface area contributed by atoms with Gasteiger partial charge in [-0.05, 0) is 86.0 Å². The minimum absolute atomic E-state index is 0.385. The molecule has 0 aliphatic rings. The van der Waals surface area contributed by atoms with Crippen molar-refractivity contribution < 1.29 is 4.74 Å². The van der Waals surface area contributed by atoms with E-state index in [1.54, 1.807) is 6.20 Å². The molecule has 4 heteroatoms. The summed E-state index contributed by atoms with van der Waals surface area (Å²) in [6.07, 6.45) is 3.65. The van der Waals surface area contributed by atoms with Crippen LogP contribution < -0.4 is 10.5 Å². The summed E-state index contributed by atoms with van der Waals surface area (Å²) in [7, 11) is 0. The predicted octanol–water partition coefficient (Wildman–Crippen LogP) is 10.4.